The van der Waals surface area contributed by atoms with Crippen LogP contribution in [-0.2, 0) is 19.1 Å². The van der Waals surface area contributed by atoms with Gasteiger partial charge in [-0.25, -0.2) is 19.2 Å². The van der Waals surface area contributed by atoms with Gasteiger partial charge < -0.3 is 30.7 Å². The molecule has 208 valence electrons. The van der Waals surface area contributed by atoms with E-state index in [-0.39, 0.29) is 23.4 Å². The average Bonchev–Trinajstić information content (AvgIpc) is 2.76. The maximum atomic E-state index is 11.8. The van der Waals surface area contributed by atoms with Crippen LogP contribution in [0.5, 0.6) is 0 Å². The molecule has 0 aromatic rings. The highest BCUT2D eigenvalue weighted by Gasteiger charge is 2.28. The standard InChI is InChI=1S/2C12H24N2O3Si/c2*1-7-8-10(18(4,5)6)14-12(16)13-9(2)11(15)17-3/h2*7-10H,1-6H3,(H2,13,14,16)/b2*8-7+/t2*9-,10+/m00/s1. The van der Waals surface area contributed by atoms with E-state index in [9.17, 15) is 19.2 Å². The molecule has 0 aliphatic heterocycles. The van der Waals surface area contributed by atoms with Crippen molar-refractivity contribution in [3.05, 3.63) is 24.3 Å². The summed E-state index contributed by atoms with van der Waals surface area (Å²) in [6.45, 7) is 20.0. The predicted octanol–water partition coefficient (Wildman–Crippen LogP) is 3.34. The molecule has 0 aromatic heterocycles. The zero-order valence-corrected chi connectivity index (χ0v) is 26.1. The highest BCUT2D eigenvalue weighted by Crippen LogP contribution is 2.10. The molecule has 0 aromatic carbocycles. The minimum absolute atomic E-state index is 0.0346. The van der Waals surface area contributed by atoms with Gasteiger partial charge in [-0.2, -0.15) is 0 Å². The van der Waals surface area contributed by atoms with E-state index in [4.69, 9.17) is 0 Å². The zero-order chi connectivity index (χ0) is 28.7. The van der Waals surface area contributed by atoms with Crippen molar-refractivity contribution in [3.8, 4) is 0 Å². The molecule has 0 bridgehead atoms. The van der Waals surface area contributed by atoms with E-state index in [2.05, 4.69) is 70.0 Å². The summed E-state index contributed by atoms with van der Waals surface area (Å²) < 4.78 is 9.09. The highest BCUT2D eigenvalue weighted by molar-refractivity contribution is 6.78. The second kappa shape index (κ2) is 17.0. The molecule has 0 unspecified atom stereocenters. The van der Waals surface area contributed by atoms with Crippen molar-refractivity contribution >= 4 is 40.1 Å². The summed E-state index contributed by atoms with van der Waals surface area (Å²) in [5.74, 6) is -0.915. The second-order valence-electron chi connectivity index (χ2n) is 10.5. The maximum absolute atomic E-state index is 11.8. The lowest BCUT2D eigenvalue weighted by atomic mass is 10.3. The Morgan fingerprint density at radius 2 is 0.889 bits per heavy atom. The number of nitrogens with one attached hydrogen (secondary N) is 4. The molecule has 4 amide bonds. The minimum Gasteiger partial charge on any atom is -0.467 e. The Morgan fingerprint density at radius 1 is 0.611 bits per heavy atom. The van der Waals surface area contributed by atoms with Gasteiger partial charge in [0.1, 0.15) is 12.1 Å². The Balaban J connectivity index is 0. The first-order valence-corrected chi connectivity index (χ1v) is 19.1. The van der Waals surface area contributed by atoms with E-state index < -0.39 is 40.2 Å². The SMILES string of the molecule is C/C=C/[C@H](NC(=O)N[C@@H](C)C(=O)OC)[Si](C)(C)C.C/C=C/[C@H](NC(=O)N[C@@H](C)C(=O)OC)[Si](C)(C)C. The summed E-state index contributed by atoms with van der Waals surface area (Å²) >= 11 is 0. The van der Waals surface area contributed by atoms with Crippen LogP contribution < -0.4 is 21.3 Å². The third-order valence-corrected chi connectivity index (χ3v) is 9.42. The van der Waals surface area contributed by atoms with E-state index >= 15 is 0 Å². The monoisotopic (exact) mass is 544 g/mol. The number of urea groups is 2. The molecular formula is C24H48N4O6Si2. The van der Waals surface area contributed by atoms with Crippen LogP contribution in [0.2, 0.25) is 39.3 Å². The second-order valence-corrected chi connectivity index (χ2v) is 21.2. The molecule has 12 heteroatoms. The fraction of sp³-hybridized carbons (Fsp3) is 0.667. The van der Waals surface area contributed by atoms with Crippen LogP contribution in [0.15, 0.2) is 24.3 Å². The molecule has 0 radical (unpaired) electrons. The largest absolute Gasteiger partial charge is 0.467 e. The highest BCUT2D eigenvalue weighted by atomic mass is 28.3. The van der Waals surface area contributed by atoms with Gasteiger partial charge in [0.05, 0.1) is 30.4 Å². The topological polar surface area (TPSA) is 135 Å². The number of carbonyl (C=O) groups is 4. The van der Waals surface area contributed by atoms with Crippen LogP contribution in [0.3, 0.4) is 0 Å². The molecular weight excluding hydrogens is 496 g/mol. The van der Waals surface area contributed by atoms with Gasteiger partial charge in [-0.3, -0.25) is 0 Å². The van der Waals surface area contributed by atoms with E-state index in [1.807, 2.05) is 38.2 Å². The Morgan fingerprint density at radius 3 is 1.08 bits per heavy atom. The summed E-state index contributed by atoms with van der Waals surface area (Å²) in [5, 5.41) is 10.9. The maximum Gasteiger partial charge on any atom is 0.328 e. The van der Waals surface area contributed by atoms with Crippen LogP contribution in [0.4, 0.5) is 9.59 Å². The third kappa shape index (κ3) is 15.4. The number of hydrogen-bond donors (Lipinski definition) is 4. The molecule has 0 fully saturated rings. The van der Waals surface area contributed by atoms with Crippen molar-refractivity contribution in [1.82, 2.24) is 21.3 Å². The average molecular weight is 545 g/mol. The van der Waals surface area contributed by atoms with E-state index in [1.54, 1.807) is 13.8 Å². The van der Waals surface area contributed by atoms with Gasteiger partial charge in [-0.15, -0.1) is 0 Å². The molecule has 0 aliphatic rings. The van der Waals surface area contributed by atoms with E-state index in [1.165, 1.54) is 14.2 Å². The van der Waals surface area contributed by atoms with Crippen LogP contribution in [0, 0.1) is 0 Å². The molecule has 0 aliphatic carbocycles. The van der Waals surface area contributed by atoms with Gasteiger partial charge in [0.15, 0.2) is 0 Å². The normalized spacial score (nSPS) is 15.0. The van der Waals surface area contributed by atoms with Crippen molar-refractivity contribution in [2.75, 3.05) is 14.2 Å². The first-order valence-electron chi connectivity index (χ1n) is 12.0. The van der Waals surface area contributed by atoms with Crippen LogP contribution in [0.25, 0.3) is 0 Å². The van der Waals surface area contributed by atoms with Crippen LogP contribution >= 0.6 is 0 Å². The first-order chi connectivity index (χ1) is 16.4. The molecule has 0 rings (SSSR count). The lowest BCUT2D eigenvalue weighted by Gasteiger charge is -2.27. The minimum atomic E-state index is -1.53. The summed E-state index contributed by atoms with van der Waals surface area (Å²) in [7, 11) is -0.474. The van der Waals surface area contributed by atoms with Gasteiger partial charge in [0.25, 0.3) is 0 Å². The zero-order valence-electron chi connectivity index (χ0n) is 24.1. The molecule has 4 atom stereocenters. The lowest BCUT2D eigenvalue weighted by molar-refractivity contribution is -0.143. The Labute approximate surface area is 219 Å². The fourth-order valence-electron chi connectivity index (χ4n) is 2.72. The van der Waals surface area contributed by atoms with Crippen molar-refractivity contribution in [2.45, 2.75) is 90.4 Å². The number of methoxy groups -OCH3 is 2. The molecule has 10 nitrogen and oxygen atoms in total. The van der Waals surface area contributed by atoms with Gasteiger partial charge in [-0.1, -0.05) is 63.6 Å². The van der Waals surface area contributed by atoms with Crippen molar-refractivity contribution in [1.29, 1.82) is 0 Å². The van der Waals surface area contributed by atoms with Crippen LogP contribution in [-0.4, -0.2) is 77.8 Å². The molecule has 4 N–H and O–H groups in total. The third-order valence-electron chi connectivity index (χ3n) is 5.01. The Bertz CT molecular complexity index is 712. The van der Waals surface area contributed by atoms with Gasteiger partial charge in [-0.05, 0) is 27.7 Å². The number of carbonyl (C=O) groups excluding carboxylic acids is 4. The number of ether oxygens (including phenoxy) is 2. The number of amides is 4. The summed E-state index contributed by atoms with van der Waals surface area (Å²) in [6.07, 6.45) is 7.81. The molecule has 0 heterocycles. The summed E-state index contributed by atoms with van der Waals surface area (Å²) in [6, 6.07) is -2.00. The predicted molar refractivity (Wildman–Crippen MR) is 150 cm³/mol. The summed E-state index contributed by atoms with van der Waals surface area (Å²) in [5.41, 5.74) is 0.0692. The number of hydrogen-bond acceptors (Lipinski definition) is 6. The number of allylic oxidation sites excluding steroid dienone is 2. The smallest absolute Gasteiger partial charge is 0.328 e. The fourth-order valence-corrected chi connectivity index (χ4v) is 5.39. The summed E-state index contributed by atoms with van der Waals surface area (Å²) in [4.78, 5) is 45.9. The van der Waals surface area contributed by atoms with E-state index in [0.29, 0.717) is 0 Å². The Kier molecular flexibility index (Phi) is 16.7. The van der Waals surface area contributed by atoms with Gasteiger partial charge in [0.2, 0.25) is 0 Å². The molecule has 0 saturated carbocycles. The Hall–Kier alpha value is -2.61. The lowest BCUT2D eigenvalue weighted by Crippen LogP contribution is -2.54. The van der Waals surface area contributed by atoms with Gasteiger partial charge >= 0.3 is 24.0 Å². The van der Waals surface area contributed by atoms with Crippen LogP contribution in [0.1, 0.15) is 27.7 Å². The van der Waals surface area contributed by atoms with Crippen molar-refractivity contribution in [3.63, 3.8) is 0 Å². The van der Waals surface area contributed by atoms with Crippen molar-refractivity contribution < 1.29 is 28.7 Å². The van der Waals surface area contributed by atoms with Gasteiger partial charge in [0, 0.05) is 11.3 Å². The number of rotatable bonds is 10. The molecule has 36 heavy (non-hydrogen) atoms. The molecule has 0 saturated heterocycles. The van der Waals surface area contributed by atoms with Crippen molar-refractivity contribution in [2.24, 2.45) is 0 Å². The first kappa shape index (κ1) is 35.6. The number of esters is 2. The quantitative estimate of drug-likeness (QED) is 0.189. The van der Waals surface area contributed by atoms with E-state index in [0.717, 1.165) is 0 Å². The molecule has 0 spiro atoms.